The number of carbonyl (C=O) groups is 6. The van der Waals surface area contributed by atoms with Crippen LogP contribution in [0.1, 0.15) is 118 Å². The van der Waals surface area contributed by atoms with Gasteiger partial charge in [-0.1, -0.05) is 71.9 Å². The van der Waals surface area contributed by atoms with Gasteiger partial charge in [0, 0.05) is 131 Å². The molecule has 3 atom stereocenters. The minimum absolute atomic E-state index is 0.0226. The van der Waals surface area contributed by atoms with Crippen molar-refractivity contribution in [1.82, 2.24) is 24.9 Å². The van der Waals surface area contributed by atoms with Crippen molar-refractivity contribution < 1.29 is 47.7 Å². The van der Waals surface area contributed by atoms with Gasteiger partial charge < -0.3 is 54.1 Å². The average Bonchev–Trinajstić information content (AvgIpc) is 1.96. The zero-order valence-electron chi connectivity index (χ0n) is 51.3. The number of piperazine rings is 1. The van der Waals surface area contributed by atoms with Gasteiger partial charge in [0.15, 0.2) is 28.8 Å². The fraction of sp³-hybridized carbons (Fsp3) is 0.412. The van der Waals surface area contributed by atoms with Crippen molar-refractivity contribution in [1.29, 1.82) is 0 Å². The molecule has 0 aromatic heterocycles. The number of allylic oxidation sites excluding steroid dienone is 1. The molecule has 4 aromatic carbocycles. The summed E-state index contributed by atoms with van der Waals surface area (Å²) < 4.78 is 23.7. The molecule has 0 aliphatic carbocycles. The van der Waals surface area contributed by atoms with E-state index in [0.717, 1.165) is 79.1 Å². The summed E-state index contributed by atoms with van der Waals surface area (Å²) in [6.45, 7) is 18.6. The number of rotatable bonds is 23. The Labute approximate surface area is 510 Å². The highest BCUT2D eigenvalue weighted by Gasteiger charge is 2.36. The summed E-state index contributed by atoms with van der Waals surface area (Å²) in [7, 11) is 5.25. The Morgan fingerprint density at radius 1 is 0.678 bits per heavy atom. The van der Waals surface area contributed by atoms with Crippen molar-refractivity contribution >= 4 is 81.6 Å². The van der Waals surface area contributed by atoms with Crippen LogP contribution in [0.5, 0.6) is 23.0 Å². The van der Waals surface area contributed by atoms with Gasteiger partial charge in [-0.25, -0.2) is 0 Å². The quantitative estimate of drug-likeness (QED) is 0.0666. The number of amides is 5. The maximum absolute atomic E-state index is 14.0. The van der Waals surface area contributed by atoms with Gasteiger partial charge in [0.1, 0.15) is 0 Å². The number of methoxy groups -OCH3 is 2. The number of ether oxygens (including phenoxy) is 4. The Bertz CT molecular complexity index is 3380. The van der Waals surface area contributed by atoms with E-state index in [-0.39, 0.29) is 65.3 Å². The summed E-state index contributed by atoms with van der Waals surface area (Å²) >= 11 is 0. The average molecular weight is 1180 g/mol. The maximum Gasteiger partial charge on any atom is 0.260 e. The van der Waals surface area contributed by atoms with Crippen molar-refractivity contribution in [3.63, 3.8) is 0 Å². The Balaban J connectivity index is 0.000000332. The van der Waals surface area contributed by atoms with Crippen LogP contribution >= 0.6 is 0 Å². The van der Waals surface area contributed by atoms with Gasteiger partial charge in [-0.05, 0) is 90.6 Å². The molecule has 6 aliphatic heterocycles. The number of carbonyl (C=O) groups excluding carboxylic acids is 6. The molecule has 0 bridgehead atoms. The topological polar surface area (TPSA) is 204 Å². The molecule has 458 valence electrons. The van der Waals surface area contributed by atoms with Gasteiger partial charge in [-0.15, -0.1) is 0 Å². The maximum atomic E-state index is 14.0. The Hall–Kier alpha value is -8.84. The summed E-state index contributed by atoms with van der Waals surface area (Å²) in [5, 5.41) is 5.75. The number of Topliss-reactive ketones (excluding diaryl/α,β-unsaturated/α-hetero) is 1. The van der Waals surface area contributed by atoms with Crippen LogP contribution in [0, 0.1) is 11.8 Å². The second kappa shape index (κ2) is 28.6. The molecule has 10 rings (SSSR count). The van der Waals surface area contributed by atoms with Crippen LogP contribution in [-0.2, 0) is 19.2 Å². The third-order valence-corrected chi connectivity index (χ3v) is 16.4. The molecule has 1 saturated heterocycles. The molecule has 6 aliphatic rings. The molecule has 87 heavy (non-hydrogen) atoms. The van der Waals surface area contributed by atoms with Crippen LogP contribution in [0.2, 0.25) is 0 Å². The lowest BCUT2D eigenvalue weighted by Crippen LogP contribution is -2.44. The second-order valence-corrected chi connectivity index (χ2v) is 23.2. The van der Waals surface area contributed by atoms with Gasteiger partial charge in [-0.3, -0.25) is 38.8 Å². The molecule has 5 amide bonds. The minimum Gasteiger partial charge on any atom is -0.493 e. The van der Waals surface area contributed by atoms with Crippen LogP contribution in [0.4, 0.5) is 22.7 Å². The zero-order valence-corrected chi connectivity index (χ0v) is 51.3. The predicted octanol–water partition coefficient (Wildman–Crippen LogP) is 10.4. The van der Waals surface area contributed by atoms with E-state index in [0.29, 0.717) is 97.4 Å². The third-order valence-electron chi connectivity index (χ3n) is 16.4. The van der Waals surface area contributed by atoms with Crippen LogP contribution < -0.4 is 34.5 Å². The van der Waals surface area contributed by atoms with Crippen molar-refractivity contribution in [2.75, 3.05) is 77.4 Å². The number of ketones is 1. The third kappa shape index (κ3) is 15.1. The van der Waals surface area contributed by atoms with Crippen LogP contribution in [0.25, 0.3) is 11.1 Å². The predicted molar refractivity (Wildman–Crippen MR) is 340 cm³/mol. The highest BCUT2D eigenvalue weighted by molar-refractivity contribution is 6.07. The van der Waals surface area contributed by atoms with Gasteiger partial charge in [0.25, 0.3) is 17.7 Å². The van der Waals surface area contributed by atoms with Crippen LogP contribution in [-0.4, -0.2) is 153 Å². The number of hydrogen-bond acceptors (Lipinski definition) is 14. The molecule has 0 radical (unpaired) electrons. The Morgan fingerprint density at radius 2 is 1.22 bits per heavy atom. The molecule has 4 aromatic rings. The number of likely N-dealkylation sites (N-methyl/N-ethyl adjacent to an activating group) is 1. The van der Waals surface area contributed by atoms with E-state index in [4.69, 9.17) is 28.9 Å². The number of unbranched alkanes of at least 4 members (excludes halogenated alkanes) is 2. The number of benzene rings is 4. The highest BCUT2D eigenvalue weighted by atomic mass is 16.5. The monoisotopic (exact) mass is 1180 g/mol. The first-order valence-corrected chi connectivity index (χ1v) is 30.2. The number of nitrogens with one attached hydrogen (secondary N) is 2. The van der Waals surface area contributed by atoms with Crippen molar-refractivity contribution in [2.24, 2.45) is 21.8 Å². The fourth-order valence-corrected chi connectivity index (χ4v) is 11.1. The van der Waals surface area contributed by atoms with E-state index in [2.05, 4.69) is 58.3 Å². The minimum atomic E-state index is -0.385. The number of hydrogen-bond donors (Lipinski definition) is 2. The lowest BCUT2D eigenvalue weighted by atomic mass is 9.98. The Morgan fingerprint density at radius 3 is 1.70 bits per heavy atom. The van der Waals surface area contributed by atoms with E-state index < -0.39 is 0 Å². The SMILES string of the molecule is C=C1C=CC(=O)N1CCCCCC(=O)NC(C(=O)CC)C(C)C.COc1cc2c(cc1OCCCOc1cc3c(cc1OC)C(=O)N1C=C(c4ccc(N5CCN(C)CC5)cc4)C[C@H]1C=N3)N=C[C@@H]1CC(c3ccc(NC(=O)C(C)C)cc3)=CN1C2=O. The van der Waals surface area contributed by atoms with Gasteiger partial charge >= 0.3 is 0 Å². The number of aliphatic imine (C=N–C) groups is 2. The molecule has 6 heterocycles. The molecule has 1 fully saturated rings. The lowest BCUT2D eigenvalue weighted by Gasteiger charge is -2.34. The fourth-order valence-electron chi connectivity index (χ4n) is 11.1. The van der Waals surface area contributed by atoms with Crippen LogP contribution in [0.15, 0.2) is 120 Å². The van der Waals surface area contributed by atoms with Gasteiger partial charge in [-0.2, -0.15) is 0 Å². The molecule has 1 unspecified atom stereocenters. The molecule has 19 nitrogen and oxygen atoms in total. The summed E-state index contributed by atoms with van der Waals surface area (Å²) in [5.41, 5.74) is 8.73. The summed E-state index contributed by atoms with van der Waals surface area (Å²) in [5.74, 6) is 1.39. The normalized spacial score (nSPS) is 18.0. The molecule has 19 heteroatoms. The first-order chi connectivity index (χ1) is 41.9. The molecule has 0 saturated carbocycles. The van der Waals surface area contributed by atoms with Gasteiger partial charge in [0.05, 0.1) is 68.1 Å². The second-order valence-electron chi connectivity index (χ2n) is 23.2. The largest absolute Gasteiger partial charge is 0.493 e. The van der Waals surface area contributed by atoms with E-state index in [9.17, 15) is 28.8 Å². The van der Waals surface area contributed by atoms with Crippen molar-refractivity contribution in [2.45, 2.75) is 104 Å². The molecular weight excluding hydrogens is 1100 g/mol. The van der Waals surface area contributed by atoms with Crippen molar-refractivity contribution in [3.8, 4) is 23.0 Å². The first-order valence-electron chi connectivity index (χ1n) is 30.2. The molecular formula is C68H81N9O10. The molecule has 2 N–H and O–H groups in total. The summed E-state index contributed by atoms with van der Waals surface area (Å²) in [6.07, 6.45) is 15.8. The standard InChI is InChI=1S/C50H53N7O7.C18H28N2O3/c1-31(2)48(58)53-36-11-7-32(8-12-36)34-21-38-27-51-42-25-46(44(61-4)23-40(42)49(59)56(38)29-34)63-19-6-20-64-47-26-43-41(24-45(47)62-5)50(60)57-30-35(22-39(57)28-52-43)33-9-13-37(14-10-33)55-17-15-54(3)16-18-55;1-5-15(21)18(13(2)3)19-16(22)9-7-6-8-12-20-14(4)10-11-17(20)23/h7-14,23-31,38-39H,6,15-22H2,1-5H3,(H,53,58);10-11,13,18H,4-9,12H2,1-3H3,(H,19,22)/t38-,39-;/m0./s1. The van der Waals surface area contributed by atoms with Crippen LogP contribution in [0.3, 0.4) is 0 Å². The highest BCUT2D eigenvalue weighted by Crippen LogP contribution is 2.42. The smallest absolute Gasteiger partial charge is 0.260 e. The zero-order chi connectivity index (χ0) is 61.9. The van der Waals surface area contributed by atoms with E-state index in [1.165, 1.54) is 18.9 Å². The first kappa shape index (κ1) is 62.7. The van der Waals surface area contributed by atoms with E-state index in [1.54, 1.807) is 58.4 Å². The summed E-state index contributed by atoms with van der Waals surface area (Å²) in [4.78, 5) is 94.6. The summed E-state index contributed by atoms with van der Waals surface area (Å²) in [6, 6.07) is 22.3. The van der Waals surface area contributed by atoms with Gasteiger partial charge in [0.2, 0.25) is 11.8 Å². The van der Waals surface area contributed by atoms with E-state index >= 15 is 0 Å². The number of anilines is 2. The number of nitrogens with zero attached hydrogens (tertiary/aromatic N) is 7. The molecule has 0 spiro atoms. The number of fused-ring (bicyclic) bond motifs is 4. The van der Waals surface area contributed by atoms with E-state index in [1.807, 2.05) is 77.5 Å². The Kier molecular flexibility index (Phi) is 20.6. The van der Waals surface area contributed by atoms with Crippen molar-refractivity contribution in [3.05, 3.63) is 132 Å². The lowest BCUT2D eigenvalue weighted by molar-refractivity contribution is -0.128.